The maximum absolute atomic E-state index is 5.61. The lowest BCUT2D eigenvalue weighted by molar-refractivity contribution is 0.156. The van der Waals surface area contributed by atoms with E-state index in [-0.39, 0.29) is 0 Å². The van der Waals surface area contributed by atoms with Crippen LogP contribution in [0.15, 0.2) is 34.2 Å². The number of hydrogen-bond donors (Lipinski definition) is 1. The van der Waals surface area contributed by atoms with E-state index < -0.39 is 0 Å². The highest BCUT2D eigenvalue weighted by molar-refractivity contribution is 7.99. The normalized spacial score (nSPS) is 24.6. The molecule has 1 N–H and O–H groups in total. The van der Waals surface area contributed by atoms with E-state index in [1.54, 1.807) is 0 Å². The van der Waals surface area contributed by atoms with E-state index in [1.165, 1.54) is 23.3 Å². The maximum atomic E-state index is 5.61. The first-order chi connectivity index (χ1) is 11.2. The highest BCUT2D eigenvalue weighted by Gasteiger charge is 2.42. The van der Waals surface area contributed by atoms with Gasteiger partial charge in [0.15, 0.2) is 5.96 Å². The molecule has 1 aromatic carbocycles. The van der Waals surface area contributed by atoms with Gasteiger partial charge in [0.2, 0.25) is 0 Å². The van der Waals surface area contributed by atoms with Gasteiger partial charge >= 0.3 is 0 Å². The molecule has 0 saturated carbocycles. The summed E-state index contributed by atoms with van der Waals surface area (Å²) in [4.78, 5) is 8.19. The van der Waals surface area contributed by atoms with E-state index in [2.05, 4.69) is 46.4 Å². The second-order valence-corrected chi connectivity index (χ2v) is 7.78. The molecule has 2 saturated heterocycles. The third-order valence-corrected chi connectivity index (χ3v) is 5.82. The second kappa shape index (κ2) is 7.58. The molecule has 1 spiro atoms. The molecule has 126 valence electrons. The van der Waals surface area contributed by atoms with E-state index in [0.29, 0.717) is 5.41 Å². The van der Waals surface area contributed by atoms with Crippen LogP contribution in [0.1, 0.15) is 18.4 Å². The zero-order chi connectivity index (χ0) is 16.1. The van der Waals surface area contributed by atoms with Crippen LogP contribution in [0.2, 0.25) is 0 Å². The van der Waals surface area contributed by atoms with Crippen molar-refractivity contribution in [1.29, 1.82) is 0 Å². The number of benzene rings is 1. The van der Waals surface area contributed by atoms with Crippen molar-refractivity contribution in [2.45, 2.75) is 24.7 Å². The van der Waals surface area contributed by atoms with Crippen molar-refractivity contribution < 1.29 is 4.74 Å². The van der Waals surface area contributed by atoms with Gasteiger partial charge in [-0.3, -0.25) is 4.99 Å². The van der Waals surface area contributed by atoms with Gasteiger partial charge in [-0.15, -0.1) is 11.8 Å². The van der Waals surface area contributed by atoms with Crippen molar-refractivity contribution in [1.82, 2.24) is 10.2 Å². The fourth-order valence-electron chi connectivity index (χ4n) is 3.39. The van der Waals surface area contributed by atoms with Gasteiger partial charge in [0.05, 0.1) is 6.61 Å². The van der Waals surface area contributed by atoms with E-state index in [1.807, 2.05) is 18.8 Å². The van der Waals surface area contributed by atoms with Crippen molar-refractivity contribution >= 4 is 17.7 Å². The number of nitrogens with zero attached hydrogens (tertiary/aromatic N) is 2. The number of guanidine groups is 1. The number of likely N-dealkylation sites (tertiary alicyclic amines) is 1. The van der Waals surface area contributed by atoms with Gasteiger partial charge in [-0.1, -0.05) is 17.7 Å². The summed E-state index contributed by atoms with van der Waals surface area (Å²) < 4.78 is 5.61. The Balaban J connectivity index is 1.42. The van der Waals surface area contributed by atoms with E-state index in [4.69, 9.17) is 4.74 Å². The van der Waals surface area contributed by atoms with Gasteiger partial charge in [-0.05, 0) is 31.9 Å². The summed E-state index contributed by atoms with van der Waals surface area (Å²) in [6.45, 7) is 7.08. The number of nitrogens with one attached hydrogen (secondary N) is 1. The summed E-state index contributed by atoms with van der Waals surface area (Å²) in [6.07, 6.45) is 2.43. The predicted molar refractivity (Wildman–Crippen MR) is 97.3 cm³/mol. The Morgan fingerprint density at radius 1 is 1.35 bits per heavy atom. The van der Waals surface area contributed by atoms with Crippen molar-refractivity contribution in [3.8, 4) is 0 Å². The van der Waals surface area contributed by atoms with Gasteiger partial charge in [-0.25, -0.2) is 0 Å². The summed E-state index contributed by atoms with van der Waals surface area (Å²) in [5.74, 6) is 2.09. The van der Waals surface area contributed by atoms with Gasteiger partial charge in [0.25, 0.3) is 0 Å². The van der Waals surface area contributed by atoms with Crippen molar-refractivity contribution in [3.05, 3.63) is 29.8 Å². The molecule has 2 heterocycles. The molecule has 1 unspecified atom stereocenters. The van der Waals surface area contributed by atoms with Crippen LogP contribution in [0.4, 0.5) is 0 Å². The molecule has 5 heteroatoms. The molecule has 1 atom stereocenters. The Labute approximate surface area is 143 Å². The molecule has 2 fully saturated rings. The molecule has 4 nitrogen and oxygen atoms in total. The fraction of sp³-hybridized carbons (Fsp3) is 0.611. The third kappa shape index (κ3) is 4.21. The lowest BCUT2D eigenvalue weighted by Gasteiger charge is -2.24. The monoisotopic (exact) mass is 333 g/mol. The van der Waals surface area contributed by atoms with Gasteiger partial charge in [0.1, 0.15) is 0 Å². The van der Waals surface area contributed by atoms with Crippen LogP contribution in [-0.4, -0.2) is 56.5 Å². The first-order valence-corrected chi connectivity index (χ1v) is 9.42. The summed E-state index contributed by atoms with van der Waals surface area (Å²) >= 11 is 1.89. The molecule has 2 aliphatic rings. The molecule has 23 heavy (non-hydrogen) atoms. The summed E-state index contributed by atoms with van der Waals surface area (Å²) in [6, 6.07) is 8.72. The van der Waals surface area contributed by atoms with Crippen LogP contribution >= 0.6 is 11.8 Å². The van der Waals surface area contributed by atoms with Crippen LogP contribution in [0.25, 0.3) is 0 Å². The van der Waals surface area contributed by atoms with Crippen LogP contribution in [0.3, 0.4) is 0 Å². The molecule has 0 aliphatic carbocycles. The van der Waals surface area contributed by atoms with Crippen LogP contribution in [0, 0.1) is 12.3 Å². The second-order valence-electron chi connectivity index (χ2n) is 6.61. The Hall–Kier alpha value is -1.20. The van der Waals surface area contributed by atoms with Gasteiger partial charge in [-0.2, -0.15) is 0 Å². The maximum Gasteiger partial charge on any atom is 0.193 e. The molecular weight excluding hydrogens is 306 g/mol. The molecule has 0 bridgehead atoms. The number of hydrogen-bond acceptors (Lipinski definition) is 3. The Morgan fingerprint density at radius 2 is 2.17 bits per heavy atom. The van der Waals surface area contributed by atoms with E-state index in [0.717, 1.165) is 44.6 Å². The molecule has 0 amide bonds. The van der Waals surface area contributed by atoms with Crippen molar-refractivity contribution in [2.75, 3.05) is 45.6 Å². The average molecular weight is 334 g/mol. The first kappa shape index (κ1) is 16.7. The lowest BCUT2D eigenvalue weighted by atomic mass is 9.87. The highest BCUT2D eigenvalue weighted by atomic mass is 32.2. The Bertz CT molecular complexity index is 538. The summed E-state index contributed by atoms with van der Waals surface area (Å²) in [7, 11) is 1.88. The minimum Gasteiger partial charge on any atom is -0.381 e. The quantitative estimate of drug-likeness (QED) is 0.398. The third-order valence-electron chi connectivity index (χ3n) is 4.81. The fourth-order valence-corrected chi connectivity index (χ4v) is 4.15. The smallest absolute Gasteiger partial charge is 0.193 e. The molecule has 0 radical (unpaired) electrons. The largest absolute Gasteiger partial charge is 0.381 e. The summed E-state index contributed by atoms with van der Waals surface area (Å²) in [5.41, 5.74) is 1.69. The summed E-state index contributed by atoms with van der Waals surface area (Å²) in [5, 5.41) is 3.51. The SMILES string of the molecule is CN=C(NCCSc1ccc(C)cc1)N1CCC2(CCOC2)C1. The topological polar surface area (TPSA) is 36.9 Å². The zero-order valence-electron chi connectivity index (χ0n) is 14.2. The number of ether oxygens (including phenoxy) is 1. The van der Waals surface area contributed by atoms with Crippen LogP contribution in [0.5, 0.6) is 0 Å². The predicted octanol–water partition coefficient (Wildman–Crippen LogP) is 2.77. The molecule has 1 aromatic rings. The van der Waals surface area contributed by atoms with Gasteiger partial charge < -0.3 is 15.0 Å². The molecule has 2 aliphatic heterocycles. The number of aliphatic imine (C=N–C) groups is 1. The minimum atomic E-state index is 0.383. The Kier molecular flexibility index (Phi) is 5.49. The zero-order valence-corrected chi connectivity index (χ0v) is 15.0. The molecule has 3 rings (SSSR count). The van der Waals surface area contributed by atoms with Gasteiger partial charge in [0, 0.05) is 49.4 Å². The van der Waals surface area contributed by atoms with Crippen LogP contribution in [-0.2, 0) is 4.74 Å². The molecular formula is C18H27N3OS. The highest BCUT2D eigenvalue weighted by Crippen LogP contribution is 2.38. The number of rotatable bonds is 4. The van der Waals surface area contributed by atoms with Crippen LogP contribution < -0.4 is 5.32 Å². The Morgan fingerprint density at radius 3 is 2.87 bits per heavy atom. The minimum absolute atomic E-state index is 0.383. The number of thioether (sulfide) groups is 1. The standard InChI is InChI=1S/C18H27N3OS/c1-15-3-5-16(6-4-15)23-12-9-20-17(19-2)21-10-7-18(13-21)8-11-22-14-18/h3-6H,7-14H2,1-2H3,(H,19,20). The number of aryl methyl sites for hydroxylation is 1. The lowest BCUT2D eigenvalue weighted by Crippen LogP contribution is -2.42. The average Bonchev–Trinajstić information content (AvgIpc) is 3.20. The van der Waals surface area contributed by atoms with E-state index >= 15 is 0 Å². The van der Waals surface area contributed by atoms with Crippen molar-refractivity contribution in [3.63, 3.8) is 0 Å². The molecule has 0 aromatic heterocycles. The van der Waals surface area contributed by atoms with E-state index in [9.17, 15) is 0 Å². The van der Waals surface area contributed by atoms with Crippen molar-refractivity contribution in [2.24, 2.45) is 10.4 Å². The first-order valence-electron chi connectivity index (χ1n) is 8.44.